The average Bonchev–Trinajstić information content (AvgIpc) is 2.90. The first-order valence-electron chi connectivity index (χ1n) is 6.79. The molecule has 2 unspecified atom stereocenters. The molecule has 19 heavy (non-hydrogen) atoms. The summed E-state index contributed by atoms with van der Waals surface area (Å²) in [5.41, 5.74) is 7.43. The highest BCUT2D eigenvalue weighted by molar-refractivity contribution is 5.15. The van der Waals surface area contributed by atoms with E-state index in [1.165, 1.54) is 5.56 Å². The molecule has 0 amide bonds. The van der Waals surface area contributed by atoms with E-state index < -0.39 is 0 Å². The van der Waals surface area contributed by atoms with Crippen molar-refractivity contribution in [1.82, 2.24) is 5.32 Å². The van der Waals surface area contributed by atoms with E-state index in [1.807, 2.05) is 18.2 Å². The Morgan fingerprint density at radius 2 is 1.89 bits per heavy atom. The number of hydrogen-bond acceptors (Lipinski definition) is 3. The molecule has 0 saturated carbocycles. The predicted octanol–water partition coefficient (Wildman–Crippen LogP) is 2.37. The minimum Gasteiger partial charge on any atom is -0.469 e. The molecule has 3 N–H and O–H groups in total. The monoisotopic (exact) mass is 258 g/mol. The molecule has 3 nitrogen and oxygen atoms in total. The smallest absolute Gasteiger partial charge is 0.105 e. The summed E-state index contributed by atoms with van der Waals surface area (Å²) in [4.78, 5) is 0. The van der Waals surface area contributed by atoms with Crippen LogP contribution in [0.25, 0.3) is 0 Å². The van der Waals surface area contributed by atoms with Crippen molar-refractivity contribution in [3.63, 3.8) is 0 Å². The fourth-order valence-corrected chi connectivity index (χ4v) is 2.14. The molecule has 2 rings (SSSR count). The van der Waals surface area contributed by atoms with Gasteiger partial charge in [0.2, 0.25) is 0 Å². The molecular weight excluding hydrogens is 236 g/mol. The predicted molar refractivity (Wildman–Crippen MR) is 78.0 cm³/mol. The van der Waals surface area contributed by atoms with Crippen LogP contribution in [0.3, 0.4) is 0 Å². The standard InChI is InChI=1S/C16H22N2O/c1-13(10-16-8-5-9-19-16)18-12-15(17)11-14-6-3-2-4-7-14/h2-9,13,15,18H,10-12,17H2,1H3. The lowest BCUT2D eigenvalue weighted by Gasteiger charge is -2.17. The van der Waals surface area contributed by atoms with Crippen LogP contribution < -0.4 is 11.1 Å². The minimum absolute atomic E-state index is 0.140. The maximum absolute atomic E-state index is 6.14. The van der Waals surface area contributed by atoms with Crippen molar-refractivity contribution in [3.05, 3.63) is 60.1 Å². The average molecular weight is 258 g/mol. The van der Waals surface area contributed by atoms with E-state index in [-0.39, 0.29) is 6.04 Å². The van der Waals surface area contributed by atoms with Crippen molar-refractivity contribution in [2.24, 2.45) is 5.73 Å². The number of hydrogen-bond donors (Lipinski definition) is 2. The summed E-state index contributed by atoms with van der Waals surface area (Å²) in [5, 5.41) is 3.46. The molecule has 0 fully saturated rings. The van der Waals surface area contributed by atoms with Gasteiger partial charge in [-0.1, -0.05) is 30.3 Å². The van der Waals surface area contributed by atoms with Gasteiger partial charge in [-0.3, -0.25) is 0 Å². The van der Waals surface area contributed by atoms with Crippen LogP contribution in [-0.2, 0) is 12.8 Å². The minimum atomic E-state index is 0.140. The Morgan fingerprint density at radius 1 is 1.11 bits per heavy atom. The van der Waals surface area contributed by atoms with Crippen LogP contribution in [-0.4, -0.2) is 18.6 Å². The van der Waals surface area contributed by atoms with Gasteiger partial charge < -0.3 is 15.5 Å². The highest BCUT2D eigenvalue weighted by Gasteiger charge is 2.08. The van der Waals surface area contributed by atoms with Gasteiger partial charge in [-0.05, 0) is 31.0 Å². The van der Waals surface area contributed by atoms with Crippen LogP contribution in [0, 0.1) is 0 Å². The van der Waals surface area contributed by atoms with Crippen LogP contribution in [0.2, 0.25) is 0 Å². The Kier molecular flexibility index (Phi) is 5.19. The first-order chi connectivity index (χ1) is 9.24. The van der Waals surface area contributed by atoms with Gasteiger partial charge in [0.1, 0.15) is 5.76 Å². The molecule has 0 radical (unpaired) electrons. The topological polar surface area (TPSA) is 51.2 Å². The summed E-state index contributed by atoms with van der Waals surface area (Å²) in [7, 11) is 0. The van der Waals surface area contributed by atoms with E-state index in [0.717, 1.165) is 25.1 Å². The molecule has 1 aromatic carbocycles. The van der Waals surface area contributed by atoms with E-state index in [4.69, 9.17) is 10.2 Å². The second-order valence-corrected chi connectivity index (χ2v) is 5.04. The number of rotatable bonds is 7. The fraction of sp³-hybridized carbons (Fsp3) is 0.375. The zero-order chi connectivity index (χ0) is 13.5. The Hall–Kier alpha value is -1.58. The fourth-order valence-electron chi connectivity index (χ4n) is 2.14. The Bertz CT molecular complexity index is 453. The molecule has 3 heteroatoms. The third-order valence-electron chi connectivity index (χ3n) is 3.16. The lowest BCUT2D eigenvalue weighted by atomic mass is 10.1. The summed E-state index contributed by atoms with van der Waals surface area (Å²) in [6, 6.07) is 14.8. The zero-order valence-corrected chi connectivity index (χ0v) is 11.4. The lowest BCUT2D eigenvalue weighted by Crippen LogP contribution is -2.40. The lowest BCUT2D eigenvalue weighted by molar-refractivity contribution is 0.443. The van der Waals surface area contributed by atoms with Crippen LogP contribution in [0.4, 0.5) is 0 Å². The van der Waals surface area contributed by atoms with Gasteiger partial charge in [-0.2, -0.15) is 0 Å². The molecule has 1 heterocycles. The van der Waals surface area contributed by atoms with E-state index >= 15 is 0 Å². The molecule has 0 aliphatic carbocycles. The molecule has 0 bridgehead atoms. The Morgan fingerprint density at radius 3 is 2.58 bits per heavy atom. The zero-order valence-electron chi connectivity index (χ0n) is 11.4. The van der Waals surface area contributed by atoms with Gasteiger partial charge in [0, 0.05) is 25.0 Å². The van der Waals surface area contributed by atoms with Crippen LogP contribution in [0.5, 0.6) is 0 Å². The molecule has 0 aliphatic heterocycles. The summed E-state index contributed by atoms with van der Waals surface area (Å²) in [5.74, 6) is 1.01. The Balaban J connectivity index is 1.70. The quantitative estimate of drug-likeness (QED) is 0.801. The molecule has 2 aromatic rings. The second-order valence-electron chi connectivity index (χ2n) is 5.04. The first kappa shape index (κ1) is 13.8. The highest BCUT2D eigenvalue weighted by atomic mass is 16.3. The molecule has 0 aliphatic rings. The molecular formula is C16H22N2O. The van der Waals surface area contributed by atoms with Crippen LogP contribution >= 0.6 is 0 Å². The molecule has 0 saturated heterocycles. The third kappa shape index (κ3) is 4.89. The second kappa shape index (κ2) is 7.12. The van der Waals surface area contributed by atoms with Crippen molar-refractivity contribution in [2.75, 3.05) is 6.54 Å². The largest absolute Gasteiger partial charge is 0.469 e. The number of nitrogens with one attached hydrogen (secondary N) is 1. The SMILES string of the molecule is CC(Cc1ccco1)NCC(N)Cc1ccccc1. The van der Waals surface area contributed by atoms with Crippen molar-refractivity contribution in [1.29, 1.82) is 0 Å². The van der Waals surface area contributed by atoms with Gasteiger partial charge in [0.15, 0.2) is 0 Å². The maximum Gasteiger partial charge on any atom is 0.105 e. The van der Waals surface area contributed by atoms with Crippen LogP contribution in [0.1, 0.15) is 18.2 Å². The van der Waals surface area contributed by atoms with Crippen molar-refractivity contribution >= 4 is 0 Å². The van der Waals surface area contributed by atoms with Gasteiger partial charge in [-0.25, -0.2) is 0 Å². The van der Waals surface area contributed by atoms with Crippen molar-refractivity contribution in [3.8, 4) is 0 Å². The summed E-state index contributed by atoms with van der Waals surface area (Å²) < 4.78 is 5.34. The maximum atomic E-state index is 6.14. The van der Waals surface area contributed by atoms with Gasteiger partial charge in [0.25, 0.3) is 0 Å². The first-order valence-corrected chi connectivity index (χ1v) is 6.79. The van der Waals surface area contributed by atoms with Gasteiger partial charge >= 0.3 is 0 Å². The Labute approximate surface area is 114 Å². The van der Waals surface area contributed by atoms with Gasteiger partial charge in [-0.15, -0.1) is 0 Å². The third-order valence-corrected chi connectivity index (χ3v) is 3.16. The summed E-state index contributed by atoms with van der Waals surface area (Å²) >= 11 is 0. The van der Waals surface area contributed by atoms with E-state index in [0.29, 0.717) is 6.04 Å². The van der Waals surface area contributed by atoms with E-state index in [9.17, 15) is 0 Å². The highest BCUT2D eigenvalue weighted by Crippen LogP contribution is 2.05. The number of benzene rings is 1. The van der Waals surface area contributed by atoms with E-state index in [1.54, 1.807) is 6.26 Å². The summed E-state index contributed by atoms with van der Waals surface area (Å²) in [6.45, 7) is 2.97. The molecule has 1 aromatic heterocycles. The molecule has 102 valence electrons. The van der Waals surface area contributed by atoms with Crippen LogP contribution in [0.15, 0.2) is 53.1 Å². The van der Waals surface area contributed by atoms with Crippen molar-refractivity contribution < 1.29 is 4.42 Å². The van der Waals surface area contributed by atoms with Crippen molar-refractivity contribution in [2.45, 2.75) is 31.8 Å². The number of nitrogens with two attached hydrogens (primary N) is 1. The molecule has 0 spiro atoms. The summed E-state index contributed by atoms with van der Waals surface area (Å²) in [6.07, 6.45) is 3.51. The number of furan rings is 1. The normalized spacial score (nSPS) is 14.2. The van der Waals surface area contributed by atoms with Gasteiger partial charge in [0.05, 0.1) is 6.26 Å². The molecule has 2 atom stereocenters. The van der Waals surface area contributed by atoms with E-state index in [2.05, 4.69) is 36.5 Å².